The van der Waals surface area contributed by atoms with Gasteiger partial charge in [-0.1, -0.05) is 37.0 Å². The molecular weight excluding hydrogens is 330 g/mol. The average molecular weight is 351 g/mol. The molecule has 6 nitrogen and oxygen atoms in total. The maximum atomic E-state index is 12.3. The quantitative estimate of drug-likeness (QED) is 0.359. The summed E-state index contributed by atoms with van der Waals surface area (Å²) in [4.78, 5) is 23.9. The highest BCUT2D eigenvalue weighted by molar-refractivity contribution is 5.97. The maximum absolute atomic E-state index is 12.3. The van der Waals surface area contributed by atoms with Gasteiger partial charge in [-0.05, 0) is 42.9 Å². The molecular formula is C20H21N3O3. The van der Waals surface area contributed by atoms with Gasteiger partial charge in [0.2, 0.25) is 0 Å². The molecule has 26 heavy (non-hydrogen) atoms. The number of hydrogen-bond donors (Lipinski definition) is 4. The van der Waals surface area contributed by atoms with E-state index in [0.29, 0.717) is 12.1 Å². The maximum Gasteiger partial charge on any atom is 0.267 e. The molecule has 0 spiro atoms. The molecule has 0 fully saturated rings. The van der Waals surface area contributed by atoms with Gasteiger partial charge in [0.1, 0.15) is 6.04 Å². The van der Waals surface area contributed by atoms with Crippen molar-refractivity contribution in [1.29, 1.82) is 0 Å². The molecule has 4 N–H and O–H groups in total. The normalized spacial score (nSPS) is 11.0. The Balaban J connectivity index is 2.03. The smallest absolute Gasteiger partial charge is 0.267 e. The van der Waals surface area contributed by atoms with Crippen LogP contribution in [-0.2, 0) is 4.79 Å². The van der Waals surface area contributed by atoms with Crippen molar-refractivity contribution in [2.24, 2.45) is 0 Å². The SMILES string of the molecule is CCNC[C@H](NC(=O)c1ccc(C#Cc2ccccc2)cc1)C(=O)NO. The van der Waals surface area contributed by atoms with E-state index in [1.54, 1.807) is 29.7 Å². The summed E-state index contributed by atoms with van der Waals surface area (Å²) in [7, 11) is 0. The highest BCUT2D eigenvalue weighted by Crippen LogP contribution is 2.05. The number of benzene rings is 2. The van der Waals surface area contributed by atoms with Crippen molar-refractivity contribution in [3.63, 3.8) is 0 Å². The molecule has 0 saturated carbocycles. The van der Waals surface area contributed by atoms with Crippen molar-refractivity contribution in [3.8, 4) is 11.8 Å². The Morgan fingerprint density at radius 1 is 1.00 bits per heavy atom. The highest BCUT2D eigenvalue weighted by Gasteiger charge is 2.20. The van der Waals surface area contributed by atoms with Crippen LogP contribution in [0, 0.1) is 11.8 Å². The summed E-state index contributed by atoms with van der Waals surface area (Å²) in [6.45, 7) is 2.74. The first-order chi connectivity index (χ1) is 12.6. The van der Waals surface area contributed by atoms with Crippen LogP contribution in [0.25, 0.3) is 0 Å². The Morgan fingerprint density at radius 3 is 2.19 bits per heavy atom. The molecule has 1 atom stereocenters. The van der Waals surface area contributed by atoms with E-state index in [4.69, 9.17) is 5.21 Å². The zero-order valence-electron chi connectivity index (χ0n) is 14.5. The molecule has 0 aliphatic rings. The summed E-state index contributed by atoms with van der Waals surface area (Å²) < 4.78 is 0. The molecule has 2 rings (SSSR count). The van der Waals surface area contributed by atoms with E-state index in [2.05, 4.69) is 22.5 Å². The van der Waals surface area contributed by atoms with Crippen LogP contribution in [0.1, 0.15) is 28.4 Å². The summed E-state index contributed by atoms with van der Waals surface area (Å²) in [5.74, 6) is 5.00. The van der Waals surface area contributed by atoms with Gasteiger partial charge in [0.15, 0.2) is 0 Å². The van der Waals surface area contributed by atoms with Crippen molar-refractivity contribution >= 4 is 11.8 Å². The summed E-state index contributed by atoms with van der Waals surface area (Å²) in [5.41, 5.74) is 3.66. The third-order valence-electron chi connectivity index (χ3n) is 3.60. The lowest BCUT2D eigenvalue weighted by Crippen LogP contribution is -2.51. The van der Waals surface area contributed by atoms with Crippen LogP contribution < -0.4 is 16.1 Å². The fourth-order valence-electron chi connectivity index (χ4n) is 2.19. The number of rotatable bonds is 6. The lowest BCUT2D eigenvalue weighted by molar-refractivity contribution is -0.131. The molecule has 0 heterocycles. The molecule has 2 aromatic rings. The number of amides is 2. The molecule has 0 aromatic heterocycles. The summed E-state index contributed by atoms with van der Waals surface area (Å²) in [5, 5.41) is 14.3. The molecule has 0 bridgehead atoms. The number of hydroxylamine groups is 1. The van der Waals surface area contributed by atoms with Crippen LogP contribution in [0.5, 0.6) is 0 Å². The van der Waals surface area contributed by atoms with Crippen molar-refractivity contribution in [3.05, 3.63) is 71.3 Å². The van der Waals surface area contributed by atoms with E-state index in [-0.39, 0.29) is 6.54 Å². The Kier molecular flexibility index (Phi) is 7.37. The predicted octanol–water partition coefficient (Wildman–Crippen LogP) is 1.30. The van der Waals surface area contributed by atoms with Crippen LogP contribution in [-0.4, -0.2) is 36.2 Å². The largest absolute Gasteiger partial charge is 0.339 e. The summed E-state index contributed by atoms with van der Waals surface area (Å²) >= 11 is 0. The summed E-state index contributed by atoms with van der Waals surface area (Å²) in [6.07, 6.45) is 0. The second-order valence-corrected chi connectivity index (χ2v) is 5.50. The van der Waals surface area contributed by atoms with E-state index in [0.717, 1.165) is 11.1 Å². The van der Waals surface area contributed by atoms with Crippen LogP contribution in [0.3, 0.4) is 0 Å². The zero-order valence-corrected chi connectivity index (χ0v) is 14.5. The van der Waals surface area contributed by atoms with Gasteiger partial charge in [-0.2, -0.15) is 0 Å². The van der Waals surface area contributed by atoms with E-state index in [1.807, 2.05) is 37.3 Å². The average Bonchev–Trinajstić information content (AvgIpc) is 2.70. The van der Waals surface area contributed by atoms with E-state index in [1.165, 1.54) is 0 Å². The second kappa shape index (κ2) is 9.99. The van der Waals surface area contributed by atoms with Gasteiger partial charge in [-0.3, -0.25) is 14.8 Å². The van der Waals surface area contributed by atoms with Crippen molar-refractivity contribution in [1.82, 2.24) is 16.1 Å². The Morgan fingerprint density at radius 2 is 1.62 bits per heavy atom. The Labute approximate surface area is 152 Å². The second-order valence-electron chi connectivity index (χ2n) is 5.50. The zero-order chi connectivity index (χ0) is 18.8. The Bertz CT molecular complexity index is 793. The minimum Gasteiger partial charge on any atom is -0.339 e. The molecule has 0 aliphatic carbocycles. The first-order valence-electron chi connectivity index (χ1n) is 8.26. The number of carbonyl (C=O) groups excluding carboxylic acids is 2. The van der Waals surface area contributed by atoms with E-state index in [9.17, 15) is 9.59 Å². The first kappa shape index (κ1) is 19.2. The standard InChI is InChI=1S/C20H21N3O3/c1-2-21-14-18(20(25)23-26)22-19(24)17-12-10-16(11-13-17)9-8-15-6-4-3-5-7-15/h3-7,10-13,18,21,26H,2,14H2,1H3,(H,22,24)(H,23,25)/t18-/m0/s1. The third-order valence-corrected chi connectivity index (χ3v) is 3.60. The van der Waals surface area contributed by atoms with Gasteiger partial charge in [-0.15, -0.1) is 0 Å². The lowest BCUT2D eigenvalue weighted by Gasteiger charge is -2.17. The van der Waals surface area contributed by atoms with Gasteiger partial charge in [0, 0.05) is 23.2 Å². The van der Waals surface area contributed by atoms with Crippen molar-refractivity contribution < 1.29 is 14.8 Å². The van der Waals surface area contributed by atoms with Crippen LogP contribution in [0.2, 0.25) is 0 Å². The van der Waals surface area contributed by atoms with Crippen molar-refractivity contribution in [2.75, 3.05) is 13.1 Å². The number of carbonyl (C=O) groups is 2. The molecule has 2 amide bonds. The molecule has 0 saturated heterocycles. The molecule has 0 radical (unpaired) electrons. The van der Waals surface area contributed by atoms with Gasteiger partial charge in [-0.25, -0.2) is 5.48 Å². The topological polar surface area (TPSA) is 90.5 Å². The molecule has 134 valence electrons. The highest BCUT2D eigenvalue weighted by atomic mass is 16.5. The summed E-state index contributed by atoms with van der Waals surface area (Å²) in [6, 6.07) is 15.5. The van der Waals surface area contributed by atoms with Crippen LogP contribution in [0.4, 0.5) is 0 Å². The molecule has 2 aromatic carbocycles. The number of hydrogen-bond acceptors (Lipinski definition) is 4. The molecule has 0 unspecified atom stereocenters. The minimum atomic E-state index is -0.870. The van der Waals surface area contributed by atoms with Gasteiger partial charge < -0.3 is 10.6 Å². The third kappa shape index (κ3) is 5.74. The number of likely N-dealkylation sites (N-methyl/N-ethyl adjacent to an activating group) is 1. The van der Waals surface area contributed by atoms with Crippen LogP contribution in [0.15, 0.2) is 54.6 Å². The first-order valence-corrected chi connectivity index (χ1v) is 8.26. The fourth-order valence-corrected chi connectivity index (χ4v) is 2.19. The molecule has 0 aliphatic heterocycles. The minimum absolute atomic E-state index is 0.218. The van der Waals surface area contributed by atoms with E-state index < -0.39 is 17.9 Å². The van der Waals surface area contributed by atoms with Crippen LogP contribution >= 0.6 is 0 Å². The van der Waals surface area contributed by atoms with Gasteiger partial charge in [0.25, 0.3) is 11.8 Å². The molecule has 6 heteroatoms. The van der Waals surface area contributed by atoms with Crippen molar-refractivity contribution in [2.45, 2.75) is 13.0 Å². The Hall–Kier alpha value is -3.14. The van der Waals surface area contributed by atoms with Gasteiger partial charge >= 0.3 is 0 Å². The number of nitrogens with one attached hydrogen (secondary N) is 3. The monoisotopic (exact) mass is 351 g/mol. The fraction of sp³-hybridized carbons (Fsp3) is 0.200. The van der Waals surface area contributed by atoms with Gasteiger partial charge in [0.05, 0.1) is 0 Å². The van der Waals surface area contributed by atoms with E-state index >= 15 is 0 Å². The predicted molar refractivity (Wildman–Crippen MR) is 98.6 cm³/mol. The lowest BCUT2D eigenvalue weighted by atomic mass is 10.1.